The molecular formula is C8H12O3S2. The lowest BCUT2D eigenvalue weighted by Crippen LogP contribution is -2.15. The molecule has 0 saturated heterocycles. The molecule has 1 aromatic rings. The summed E-state index contributed by atoms with van der Waals surface area (Å²) < 4.78 is 23.0. The number of thiophene rings is 1. The first-order valence-electron chi connectivity index (χ1n) is 3.94. The van der Waals surface area contributed by atoms with Crippen LogP contribution in [0, 0.1) is 0 Å². The summed E-state index contributed by atoms with van der Waals surface area (Å²) in [5, 5.41) is 9.92. The molecule has 1 aromatic heterocycles. The van der Waals surface area contributed by atoms with Gasteiger partial charge in [0.2, 0.25) is 0 Å². The zero-order valence-corrected chi connectivity index (χ0v) is 8.94. The molecule has 1 unspecified atom stereocenters. The molecule has 1 N–H and O–H groups in total. The van der Waals surface area contributed by atoms with Crippen molar-refractivity contribution in [3.8, 4) is 0 Å². The number of aliphatic hydroxyl groups is 1. The van der Waals surface area contributed by atoms with E-state index in [1.807, 2.05) is 11.4 Å². The maximum absolute atomic E-state index is 11.5. The topological polar surface area (TPSA) is 54.4 Å². The molecular weight excluding hydrogens is 208 g/mol. The normalized spacial score (nSPS) is 14.3. The highest BCUT2D eigenvalue weighted by Crippen LogP contribution is 2.26. The molecule has 74 valence electrons. The van der Waals surface area contributed by atoms with Crippen LogP contribution in [0.25, 0.3) is 0 Å². The van der Waals surface area contributed by atoms with Gasteiger partial charge in [-0.2, -0.15) is 0 Å². The summed E-state index contributed by atoms with van der Waals surface area (Å²) in [5.74, 6) is -0.161. The zero-order chi connectivity index (χ0) is 9.90. The van der Waals surface area contributed by atoms with Gasteiger partial charge in [0.1, 0.15) is 0 Å². The van der Waals surface area contributed by atoms with Crippen molar-refractivity contribution in [1.29, 1.82) is 0 Å². The number of hydrogen-bond acceptors (Lipinski definition) is 4. The summed E-state index contributed by atoms with van der Waals surface area (Å²) in [5.41, 5.74) is 0. The van der Waals surface area contributed by atoms with Crippen LogP contribution in [0.1, 0.15) is 17.1 Å². The summed E-state index contributed by atoms with van der Waals surface area (Å²) in [4.78, 5) is 0.827. The van der Waals surface area contributed by atoms with Gasteiger partial charge in [-0.15, -0.1) is 11.3 Å². The standard InChI is InChI=1S/C8H12O3S2/c1-7(8-3-2-5-12-8)13(10,11)6-4-9/h2-3,5,7,9H,4,6H2,1H3. The van der Waals surface area contributed by atoms with E-state index in [4.69, 9.17) is 5.11 Å². The van der Waals surface area contributed by atoms with Gasteiger partial charge >= 0.3 is 0 Å². The van der Waals surface area contributed by atoms with E-state index in [1.165, 1.54) is 11.3 Å². The van der Waals surface area contributed by atoms with Gasteiger partial charge in [0, 0.05) is 4.88 Å². The fourth-order valence-corrected chi connectivity index (χ4v) is 3.31. The smallest absolute Gasteiger partial charge is 0.160 e. The molecule has 0 saturated carbocycles. The van der Waals surface area contributed by atoms with Crippen molar-refractivity contribution in [2.75, 3.05) is 12.4 Å². The molecule has 0 spiro atoms. The van der Waals surface area contributed by atoms with Crippen molar-refractivity contribution in [3.63, 3.8) is 0 Å². The van der Waals surface area contributed by atoms with Crippen molar-refractivity contribution in [1.82, 2.24) is 0 Å². The van der Waals surface area contributed by atoms with Crippen molar-refractivity contribution in [2.24, 2.45) is 0 Å². The van der Waals surface area contributed by atoms with Gasteiger partial charge in [0.05, 0.1) is 17.6 Å². The van der Waals surface area contributed by atoms with Crippen LogP contribution in [-0.4, -0.2) is 25.9 Å². The van der Waals surface area contributed by atoms with Crippen LogP contribution < -0.4 is 0 Å². The Balaban J connectivity index is 2.85. The fraction of sp³-hybridized carbons (Fsp3) is 0.500. The number of sulfone groups is 1. The van der Waals surface area contributed by atoms with Crippen LogP contribution in [0.2, 0.25) is 0 Å². The quantitative estimate of drug-likeness (QED) is 0.830. The maximum Gasteiger partial charge on any atom is 0.160 e. The first-order chi connectivity index (χ1) is 6.08. The molecule has 5 heteroatoms. The second-order valence-corrected chi connectivity index (χ2v) is 6.17. The number of rotatable bonds is 4. The molecule has 0 radical (unpaired) electrons. The van der Waals surface area contributed by atoms with E-state index in [-0.39, 0.29) is 12.4 Å². The summed E-state index contributed by atoms with van der Waals surface area (Å²) in [7, 11) is -3.17. The van der Waals surface area contributed by atoms with E-state index in [9.17, 15) is 8.42 Å². The van der Waals surface area contributed by atoms with Crippen LogP contribution in [-0.2, 0) is 9.84 Å². The highest BCUT2D eigenvalue weighted by atomic mass is 32.2. The van der Waals surface area contributed by atoms with Gasteiger partial charge in [0.25, 0.3) is 0 Å². The summed E-state index contributed by atoms with van der Waals surface area (Å²) >= 11 is 1.42. The van der Waals surface area contributed by atoms with E-state index in [1.54, 1.807) is 13.0 Å². The van der Waals surface area contributed by atoms with Gasteiger partial charge in [-0.25, -0.2) is 8.42 Å². The van der Waals surface area contributed by atoms with Crippen LogP contribution in [0.3, 0.4) is 0 Å². The molecule has 0 aliphatic rings. The minimum absolute atomic E-state index is 0.161. The predicted octanol–water partition coefficient (Wildman–Crippen LogP) is 1.22. The van der Waals surface area contributed by atoms with Gasteiger partial charge < -0.3 is 5.11 Å². The van der Waals surface area contributed by atoms with Crippen molar-refractivity contribution in [2.45, 2.75) is 12.2 Å². The van der Waals surface area contributed by atoms with E-state index in [0.29, 0.717) is 0 Å². The number of aliphatic hydroxyl groups excluding tert-OH is 1. The van der Waals surface area contributed by atoms with Gasteiger partial charge in [-0.05, 0) is 18.4 Å². The lowest BCUT2D eigenvalue weighted by atomic mass is 10.4. The lowest BCUT2D eigenvalue weighted by Gasteiger charge is -2.09. The molecule has 0 amide bonds. The Labute approximate surface area is 82.0 Å². The number of hydrogen-bond donors (Lipinski definition) is 1. The molecule has 1 heterocycles. The summed E-state index contributed by atoms with van der Waals surface area (Å²) in [6.07, 6.45) is 0. The van der Waals surface area contributed by atoms with Crippen LogP contribution in [0.5, 0.6) is 0 Å². The fourth-order valence-electron chi connectivity index (χ4n) is 1.00. The average Bonchev–Trinajstić information content (AvgIpc) is 2.54. The molecule has 0 aliphatic carbocycles. The SMILES string of the molecule is CC(c1cccs1)S(=O)(=O)CCO. The molecule has 1 atom stereocenters. The van der Waals surface area contributed by atoms with Crippen molar-refractivity contribution < 1.29 is 13.5 Å². The second kappa shape index (κ2) is 4.21. The minimum Gasteiger partial charge on any atom is -0.395 e. The summed E-state index contributed by atoms with van der Waals surface area (Å²) in [6, 6.07) is 3.62. The Morgan fingerprint density at radius 1 is 1.62 bits per heavy atom. The molecule has 0 aliphatic heterocycles. The van der Waals surface area contributed by atoms with E-state index >= 15 is 0 Å². The molecule has 1 rings (SSSR count). The Morgan fingerprint density at radius 3 is 2.77 bits per heavy atom. The van der Waals surface area contributed by atoms with Crippen LogP contribution >= 0.6 is 11.3 Å². The Morgan fingerprint density at radius 2 is 2.31 bits per heavy atom. The first kappa shape index (κ1) is 10.7. The van der Waals surface area contributed by atoms with E-state index in [2.05, 4.69) is 0 Å². The predicted molar refractivity (Wildman–Crippen MR) is 53.6 cm³/mol. The minimum atomic E-state index is -3.17. The highest BCUT2D eigenvalue weighted by Gasteiger charge is 2.22. The Bertz CT molecular complexity index is 339. The third-order valence-electron chi connectivity index (χ3n) is 1.86. The van der Waals surface area contributed by atoms with E-state index < -0.39 is 15.1 Å². The van der Waals surface area contributed by atoms with Gasteiger partial charge in [-0.3, -0.25) is 0 Å². The Hall–Kier alpha value is -0.390. The van der Waals surface area contributed by atoms with Crippen LogP contribution in [0.4, 0.5) is 0 Å². The second-order valence-electron chi connectivity index (χ2n) is 2.75. The molecule has 3 nitrogen and oxygen atoms in total. The molecule has 0 bridgehead atoms. The van der Waals surface area contributed by atoms with Crippen molar-refractivity contribution in [3.05, 3.63) is 22.4 Å². The van der Waals surface area contributed by atoms with Gasteiger partial charge in [-0.1, -0.05) is 6.07 Å². The maximum atomic E-state index is 11.5. The molecule has 13 heavy (non-hydrogen) atoms. The van der Waals surface area contributed by atoms with Crippen LogP contribution in [0.15, 0.2) is 17.5 Å². The lowest BCUT2D eigenvalue weighted by molar-refractivity contribution is 0.319. The van der Waals surface area contributed by atoms with Crippen molar-refractivity contribution >= 4 is 21.2 Å². The summed E-state index contributed by atoms with van der Waals surface area (Å²) in [6.45, 7) is 1.34. The average molecular weight is 220 g/mol. The third kappa shape index (κ3) is 2.52. The Kier molecular flexibility index (Phi) is 3.47. The largest absolute Gasteiger partial charge is 0.395 e. The highest BCUT2D eigenvalue weighted by molar-refractivity contribution is 7.91. The monoisotopic (exact) mass is 220 g/mol. The van der Waals surface area contributed by atoms with Gasteiger partial charge in [0.15, 0.2) is 9.84 Å². The molecule has 0 aromatic carbocycles. The van der Waals surface area contributed by atoms with E-state index in [0.717, 1.165) is 4.88 Å². The molecule has 0 fully saturated rings. The first-order valence-corrected chi connectivity index (χ1v) is 6.53. The third-order valence-corrected chi connectivity index (χ3v) is 5.15. The zero-order valence-electron chi connectivity index (χ0n) is 7.30.